The van der Waals surface area contributed by atoms with Crippen molar-refractivity contribution in [2.24, 2.45) is 5.92 Å². The van der Waals surface area contributed by atoms with Crippen molar-refractivity contribution in [1.29, 1.82) is 0 Å². The molecule has 28 heavy (non-hydrogen) atoms. The SMILES string of the molecule is O[C@@H](NC[C@H]1C=CC(Cl)=CC1)Nc1ccc(C/C=C/[C@H](O)[C@@H]2CCCO2)cc1. The summed E-state index contributed by atoms with van der Waals surface area (Å²) in [5.74, 6) is 0.332. The maximum atomic E-state index is 10.1. The third-order valence-corrected chi connectivity index (χ3v) is 5.29. The Bertz CT molecular complexity index is 696. The third-order valence-electron chi connectivity index (χ3n) is 5.01. The number of aliphatic hydroxyl groups excluding tert-OH is 2. The van der Waals surface area contributed by atoms with E-state index in [1.807, 2.05) is 48.6 Å². The number of nitrogens with one attached hydrogen (secondary N) is 2. The Balaban J connectivity index is 1.38. The highest BCUT2D eigenvalue weighted by Gasteiger charge is 2.21. The van der Waals surface area contributed by atoms with Crippen molar-refractivity contribution in [2.75, 3.05) is 18.5 Å². The van der Waals surface area contributed by atoms with E-state index >= 15 is 0 Å². The summed E-state index contributed by atoms with van der Waals surface area (Å²) in [5, 5.41) is 27.1. The molecule has 0 unspecified atom stereocenters. The quantitative estimate of drug-likeness (QED) is 0.375. The molecule has 2 aliphatic rings. The molecule has 6 heteroatoms. The Labute approximate surface area is 171 Å². The van der Waals surface area contributed by atoms with E-state index in [-0.39, 0.29) is 6.10 Å². The molecule has 4 N–H and O–H groups in total. The van der Waals surface area contributed by atoms with E-state index in [1.165, 1.54) is 0 Å². The van der Waals surface area contributed by atoms with Crippen molar-refractivity contribution < 1.29 is 14.9 Å². The van der Waals surface area contributed by atoms with Crippen LogP contribution in [0.5, 0.6) is 0 Å². The first-order valence-corrected chi connectivity index (χ1v) is 10.2. The van der Waals surface area contributed by atoms with E-state index in [0.717, 1.165) is 48.6 Å². The van der Waals surface area contributed by atoms with Gasteiger partial charge in [0.2, 0.25) is 0 Å². The minimum atomic E-state index is -0.818. The third kappa shape index (κ3) is 6.76. The number of hydrogen-bond donors (Lipinski definition) is 4. The first-order valence-electron chi connectivity index (χ1n) is 9.87. The van der Waals surface area contributed by atoms with Crippen molar-refractivity contribution >= 4 is 17.3 Å². The van der Waals surface area contributed by atoms with Gasteiger partial charge in [0.05, 0.1) is 12.2 Å². The molecule has 3 rings (SSSR count). The molecule has 1 saturated heterocycles. The fourth-order valence-corrected chi connectivity index (χ4v) is 3.50. The molecule has 1 aliphatic carbocycles. The summed E-state index contributed by atoms with van der Waals surface area (Å²) in [4.78, 5) is 0. The first kappa shape index (κ1) is 21.1. The van der Waals surface area contributed by atoms with Crippen LogP contribution in [0.3, 0.4) is 0 Å². The molecule has 152 valence electrons. The number of aliphatic hydroxyl groups is 2. The van der Waals surface area contributed by atoms with Gasteiger partial charge in [0.1, 0.15) is 0 Å². The maximum Gasteiger partial charge on any atom is 0.181 e. The number of halogens is 1. The normalized spacial score (nSPS) is 24.3. The molecule has 1 aliphatic heterocycles. The van der Waals surface area contributed by atoms with Gasteiger partial charge in [0.15, 0.2) is 6.35 Å². The second-order valence-corrected chi connectivity index (χ2v) is 7.71. The van der Waals surface area contributed by atoms with E-state index in [0.29, 0.717) is 12.5 Å². The molecule has 0 radical (unpaired) electrons. The van der Waals surface area contributed by atoms with Crippen LogP contribution in [0.25, 0.3) is 0 Å². The monoisotopic (exact) mass is 404 g/mol. The van der Waals surface area contributed by atoms with Gasteiger partial charge in [0, 0.05) is 23.9 Å². The van der Waals surface area contributed by atoms with E-state index < -0.39 is 12.5 Å². The van der Waals surface area contributed by atoms with Crippen molar-refractivity contribution in [3.8, 4) is 0 Å². The molecule has 4 atom stereocenters. The van der Waals surface area contributed by atoms with E-state index in [2.05, 4.69) is 16.7 Å². The number of anilines is 1. The van der Waals surface area contributed by atoms with Crippen LogP contribution in [-0.2, 0) is 11.2 Å². The number of ether oxygens (including phenoxy) is 1. The molecule has 0 amide bonds. The predicted molar refractivity (Wildman–Crippen MR) is 113 cm³/mol. The smallest absolute Gasteiger partial charge is 0.181 e. The van der Waals surface area contributed by atoms with E-state index in [9.17, 15) is 10.2 Å². The largest absolute Gasteiger partial charge is 0.386 e. The highest BCUT2D eigenvalue weighted by Crippen LogP contribution is 2.19. The van der Waals surface area contributed by atoms with Crippen molar-refractivity contribution in [3.05, 3.63) is 65.2 Å². The number of hydrogen-bond acceptors (Lipinski definition) is 5. The van der Waals surface area contributed by atoms with Crippen LogP contribution in [0.2, 0.25) is 0 Å². The second kappa shape index (κ2) is 10.8. The average Bonchev–Trinajstić information content (AvgIpc) is 3.24. The Morgan fingerprint density at radius 3 is 2.75 bits per heavy atom. The molecule has 0 aromatic heterocycles. The number of rotatable bonds is 9. The van der Waals surface area contributed by atoms with Gasteiger partial charge in [-0.25, -0.2) is 0 Å². The lowest BCUT2D eigenvalue weighted by Crippen LogP contribution is -2.38. The van der Waals surface area contributed by atoms with Crippen LogP contribution in [0.15, 0.2) is 59.7 Å². The van der Waals surface area contributed by atoms with Gasteiger partial charge >= 0.3 is 0 Å². The molecular weight excluding hydrogens is 376 g/mol. The molecular formula is C22H29ClN2O3. The van der Waals surface area contributed by atoms with Crippen molar-refractivity contribution in [1.82, 2.24) is 5.32 Å². The number of benzene rings is 1. The molecule has 5 nitrogen and oxygen atoms in total. The van der Waals surface area contributed by atoms with Gasteiger partial charge in [0.25, 0.3) is 0 Å². The minimum Gasteiger partial charge on any atom is -0.386 e. The standard InChI is InChI=1S/C22H29ClN2O3/c23-18-10-6-17(7-11-18)15-24-22(27)25-19-12-8-16(9-13-19)3-1-4-20(26)21-5-2-14-28-21/h1,4,6,8-13,17,20-22,24-27H,2-3,5,7,14-15H2/b4-1+/t17-,20-,21-,22-/m0/s1. The molecule has 1 fully saturated rings. The Morgan fingerprint density at radius 1 is 1.25 bits per heavy atom. The van der Waals surface area contributed by atoms with Crippen LogP contribution < -0.4 is 10.6 Å². The molecule has 1 heterocycles. The summed E-state index contributed by atoms with van der Waals surface area (Å²) in [6.07, 6.45) is 11.9. The second-order valence-electron chi connectivity index (χ2n) is 7.27. The fraction of sp³-hybridized carbons (Fsp3) is 0.455. The summed E-state index contributed by atoms with van der Waals surface area (Å²) in [5.41, 5.74) is 1.98. The van der Waals surface area contributed by atoms with Crippen LogP contribution in [-0.4, -0.2) is 41.9 Å². The lowest BCUT2D eigenvalue weighted by molar-refractivity contribution is 0.0226. The zero-order valence-corrected chi connectivity index (χ0v) is 16.7. The van der Waals surface area contributed by atoms with Gasteiger partial charge in [-0.1, -0.05) is 48.0 Å². The summed E-state index contributed by atoms with van der Waals surface area (Å²) in [6.45, 7) is 1.41. The lowest BCUT2D eigenvalue weighted by Gasteiger charge is -2.20. The first-order chi connectivity index (χ1) is 13.6. The Hall–Kier alpha value is -1.63. The summed E-state index contributed by atoms with van der Waals surface area (Å²) in [7, 11) is 0. The minimum absolute atomic E-state index is 0.0612. The zero-order chi connectivity index (χ0) is 19.8. The van der Waals surface area contributed by atoms with Gasteiger partial charge in [-0.15, -0.1) is 0 Å². The van der Waals surface area contributed by atoms with Gasteiger partial charge in [-0.3, -0.25) is 5.32 Å². The lowest BCUT2D eigenvalue weighted by atomic mass is 10.0. The van der Waals surface area contributed by atoms with E-state index in [4.69, 9.17) is 16.3 Å². The predicted octanol–water partition coefficient (Wildman–Crippen LogP) is 3.30. The zero-order valence-electron chi connectivity index (χ0n) is 15.9. The molecule has 0 saturated carbocycles. The Kier molecular flexibility index (Phi) is 8.13. The molecule has 0 bridgehead atoms. The highest BCUT2D eigenvalue weighted by atomic mass is 35.5. The van der Waals surface area contributed by atoms with Crippen molar-refractivity contribution in [2.45, 2.75) is 44.2 Å². The van der Waals surface area contributed by atoms with Gasteiger partial charge in [-0.05, 0) is 55.4 Å². The van der Waals surface area contributed by atoms with Crippen LogP contribution >= 0.6 is 11.6 Å². The molecule has 1 aromatic rings. The average molecular weight is 405 g/mol. The summed E-state index contributed by atoms with van der Waals surface area (Å²) < 4.78 is 5.48. The van der Waals surface area contributed by atoms with Crippen LogP contribution in [0.1, 0.15) is 24.8 Å². The van der Waals surface area contributed by atoms with Gasteiger partial charge in [-0.2, -0.15) is 0 Å². The number of allylic oxidation sites excluding steroid dienone is 4. The van der Waals surface area contributed by atoms with Crippen LogP contribution in [0, 0.1) is 5.92 Å². The van der Waals surface area contributed by atoms with E-state index in [1.54, 1.807) is 0 Å². The molecule has 1 aromatic carbocycles. The van der Waals surface area contributed by atoms with Crippen molar-refractivity contribution in [3.63, 3.8) is 0 Å². The maximum absolute atomic E-state index is 10.1. The van der Waals surface area contributed by atoms with Crippen LogP contribution in [0.4, 0.5) is 5.69 Å². The summed E-state index contributed by atoms with van der Waals surface area (Å²) >= 11 is 5.91. The summed E-state index contributed by atoms with van der Waals surface area (Å²) in [6, 6.07) is 7.89. The molecule has 0 spiro atoms. The highest BCUT2D eigenvalue weighted by molar-refractivity contribution is 6.31. The topological polar surface area (TPSA) is 73.8 Å². The fourth-order valence-electron chi connectivity index (χ4n) is 3.34. The van der Waals surface area contributed by atoms with Gasteiger partial charge < -0.3 is 20.3 Å². The Morgan fingerprint density at radius 2 is 2.07 bits per heavy atom.